The van der Waals surface area contributed by atoms with Gasteiger partial charge in [0, 0.05) is 38.3 Å². The molecule has 25 heavy (non-hydrogen) atoms. The summed E-state index contributed by atoms with van der Waals surface area (Å²) in [7, 11) is 0. The predicted molar refractivity (Wildman–Crippen MR) is 97.1 cm³/mol. The number of nitrogens with two attached hydrogens (primary N) is 1. The summed E-state index contributed by atoms with van der Waals surface area (Å²) in [6.07, 6.45) is 2.07. The van der Waals surface area contributed by atoms with E-state index < -0.39 is 0 Å². The first-order valence-corrected chi connectivity index (χ1v) is 8.57. The first kappa shape index (κ1) is 17.4. The van der Waals surface area contributed by atoms with Crippen molar-refractivity contribution in [2.45, 2.75) is 19.0 Å². The number of anilines is 1. The zero-order chi connectivity index (χ0) is 17.5. The van der Waals surface area contributed by atoms with Crippen LogP contribution in [0.15, 0.2) is 48.7 Å². The second-order valence-electron chi connectivity index (χ2n) is 6.12. The van der Waals surface area contributed by atoms with Gasteiger partial charge in [0.05, 0.1) is 13.2 Å². The number of carbonyl (C=O) groups is 1. The molecule has 2 heterocycles. The van der Waals surface area contributed by atoms with Crippen LogP contribution >= 0.6 is 0 Å². The van der Waals surface area contributed by atoms with E-state index in [2.05, 4.69) is 15.2 Å². The van der Waals surface area contributed by atoms with Crippen LogP contribution in [0.4, 0.5) is 5.82 Å². The van der Waals surface area contributed by atoms with Crippen molar-refractivity contribution < 1.29 is 9.53 Å². The van der Waals surface area contributed by atoms with E-state index in [4.69, 9.17) is 10.5 Å². The number of nitrogens with zero attached hydrogens (tertiary/aromatic N) is 2. The zero-order valence-electron chi connectivity index (χ0n) is 14.2. The minimum Gasteiger partial charge on any atom is -0.378 e. The molecule has 3 rings (SSSR count). The molecule has 6 heteroatoms. The lowest BCUT2D eigenvalue weighted by molar-refractivity contribution is -0.121. The van der Waals surface area contributed by atoms with Crippen molar-refractivity contribution in [2.75, 3.05) is 31.2 Å². The van der Waals surface area contributed by atoms with Crippen LogP contribution in [-0.4, -0.2) is 37.2 Å². The Hall–Kier alpha value is -2.44. The number of hydrogen-bond donors (Lipinski definition) is 2. The maximum absolute atomic E-state index is 12.1. The van der Waals surface area contributed by atoms with Gasteiger partial charge in [0.1, 0.15) is 5.82 Å². The molecule has 1 saturated heterocycles. The molecular weight excluding hydrogens is 316 g/mol. The number of amides is 1. The molecule has 132 valence electrons. The fourth-order valence-corrected chi connectivity index (χ4v) is 2.79. The zero-order valence-corrected chi connectivity index (χ0v) is 14.2. The molecule has 1 aliphatic rings. The van der Waals surface area contributed by atoms with Gasteiger partial charge >= 0.3 is 0 Å². The Morgan fingerprint density at radius 1 is 1.20 bits per heavy atom. The summed E-state index contributed by atoms with van der Waals surface area (Å²) in [5.41, 5.74) is 8.02. The number of aromatic nitrogens is 1. The number of benzene rings is 1. The van der Waals surface area contributed by atoms with Gasteiger partial charge in [-0.05, 0) is 17.2 Å². The molecule has 2 aromatic rings. The molecule has 6 nitrogen and oxygen atoms in total. The monoisotopic (exact) mass is 340 g/mol. The number of ether oxygens (including phenoxy) is 1. The third kappa shape index (κ3) is 5.01. The Labute approximate surface area is 148 Å². The van der Waals surface area contributed by atoms with E-state index >= 15 is 0 Å². The number of carbonyl (C=O) groups excluding carboxylic acids is 1. The lowest BCUT2D eigenvalue weighted by Gasteiger charge is -2.27. The van der Waals surface area contributed by atoms with Crippen LogP contribution in [0.3, 0.4) is 0 Å². The van der Waals surface area contributed by atoms with Crippen LogP contribution in [0.2, 0.25) is 0 Å². The Bertz CT molecular complexity index is 670. The van der Waals surface area contributed by atoms with Crippen molar-refractivity contribution in [3.63, 3.8) is 0 Å². The van der Waals surface area contributed by atoms with E-state index in [1.165, 1.54) is 0 Å². The van der Waals surface area contributed by atoms with Crippen molar-refractivity contribution in [3.05, 3.63) is 59.8 Å². The average molecular weight is 340 g/mol. The highest BCUT2D eigenvalue weighted by Gasteiger charge is 2.13. The van der Waals surface area contributed by atoms with Gasteiger partial charge in [-0.1, -0.05) is 36.4 Å². The molecule has 0 aliphatic carbocycles. The summed E-state index contributed by atoms with van der Waals surface area (Å²) in [5, 5.41) is 2.91. The van der Waals surface area contributed by atoms with E-state index in [9.17, 15) is 4.79 Å². The number of morpholine rings is 1. The predicted octanol–water partition coefficient (Wildman–Crippen LogP) is 1.62. The average Bonchev–Trinajstić information content (AvgIpc) is 2.68. The molecule has 0 radical (unpaired) electrons. The number of hydrogen-bond acceptors (Lipinski definition) is 5. The van der Waals surface area contributed by atoms with Crippen molar-refractivity contribution >= 4 is 11.7 Å². The lowest BCUT2D eigenvalue weighted by Crippen LogP contribution is -2.36. The molecule has 1 unspecified atom stereocenters. The van der Waals surface area contributed by atoms with Gasteiger partial charge in [-0.25, -0.2) is 4.98 Å². The molecular formula is C19H24N4O2. The Morgan fingerprint density at radius 3 is 2.64 bits per heavy atom. The summed E-state index contributed by atoms with van der Waals surface area (Å²) in [6.45, 7) is 3.65. The van der Waals surface area contributed by atoms with Crippen molar-refractivity contribution in [3.8, 4) is 0 Å². The molecule has 1 aromatic carbocycles. The van der Waals surface area contributed by atoms with Gasteiger partial charge in [-0.3, -0.25) is 4.79 Å². The first-order chi connectivity index (χ1) is 12.2. The molecule has 1 amide bonds. The fourth-order valence-electron chi connectivity index (χ4n) is 2.79. The van der Waals surface area contributed by atoms with Gasteiger partial charge in [0.2, 0.25) is 5.91 Å². The Balaban J connectivity index is 1.47. The second-order valence-corrected chi connectivity index (χ2v) is 6.12. The molecule has 1 aromatic heterocycles. The molecule has 3 N–H and O–H groups in total. The summed E-state index contributed by atoms with van der Waals surface area (Å²) < 4.78 is 5.35. The van der Waals surface area contributed by atoms with Crippen LogP contribution in [0.25, 0.3) is 0 Å². The van der Waals surface area contributed by atoms with E-state index in [1.54, 1.807) is 0 Å². The van der Waals surface area contributed by atoms with Gasteiger partial charge in [0.25, 0.3) is 0 Å². The second kappa shape index (κ2) is 8.60. The highest BCUT2D eigenvalue weighted by Crippen LogP contribution is 2.14. The van der Waals surface area contributed by atoms with E-state index in [0.717, 1.165) is 43.2 Å². The number of nitrogens with one attached hydrogen (secondary N) is 1. The fraction of sp³-hybridized carbons (Fsp3) is 0.368. The number of pyridine rings is 1. The third-order valence-electron chi connectivity index (χ3n) is 4.27. The molecule has 0 spiro atoms. The Kier molecular flexibility index (Phi) is 5.98. The normalized spacial score (nSPS) is 15.6. The largest absolute Gasteiger partial charge is 0.378 e. The maximum Gasteiger partial charge on any atom is 0.222 e. The third-order valence-corrected chi connectivity index (χ3v) is 4.27. The summed E-state index contributed by atoms with van der Waals surface area (Å²) in [6, 6.07) is 13.4. The van der Waals surface area contributed by atoms with Gasteiger partial charge in [0.15, 0.2) is 0 Å². The maximum atomic E-state index is 12.1. The van der Waals surface area contributed by atoms with Crippen molar-refractivity contribution in [1.29, 1.82) is 0 Å². The SMILES string of the molecule is NC(CC(=O)NCc1ccc(N2CCOCC2)nc1)c1ccccc1. The van der Waals surface area contributed by atoms with E-state index in [1.807, 2.05) is 48.7 Å². The Morgan fingerprint density at radius 2 is 1.96 bits per heavy atom. The van der Waals surface area contributed by atoms with Crippen LogP contribution in [-0.2, 0) is 16.1 Å². The van der Waals surface area contributed by atoms with Crippen LogP contribution in [0.1, 0.15) is 23.6 Å². The van der Waals surface area contributed by atoms with Crippen LogP contribution < -0.4 is 16.0 Å². The van der Waals surface area contributed by atoms with Crippen molar-refractivity contribution in [1.82, 2.24) is 10.3 Å². The summed E-state index contributed by atoms with van der Waals surface area (Å²) >= 11 is 0. The van der Waals surface area contributed by atoms with Gasteiger partial charge < -0.3 is 20.7 Å². The van der Waals surface area contributed by atoms with Gasteiger partial charge in [-0.2, -0.15) is 0 Å². The quantitative estimate of drug-likeness (QED) is 0.835. The molecule has 0 saturated carbocycles. The topological polar surface area (TPSA) is 80.5 Å². The summed E-state index contributed by atoms with van der Waals surface area (Å²) in [5.74, 6) is 0.887. The highest BCUT2D eigenvalue weighted by atomic mass is 16.5. The molecule has 0 bridgehead atoms. The molecule has 1 atom stereocenters. The van der Waals surface area contributed by atoms with Crippen molar-refractivity contribution in [2.24, 2.45) is 5.73 Å². The van der Waals surface area contributed by atoms with E-state index in [0.29, 0.717) is 6.54 Å². The minimum absolute atomic E-state index is 0.0615. The summed E-state index contributed by atoms with van der Waals surface area (Å²) in [4.78, 5) is 18.8. The molecule has 1 aliphatic heterocycles. The van der Waals surface area contributed by atoms with Crippen LogP contribution in [0.5, 0.6) is 0 Å². The first-order valence-electron chi connectivity index (χ1n) is 8.57. The standard InChI is InChI=1S/C19H24N4O2/c20-17(16-4-2-1-3-5-16)12-19(24)22-14-15-6-7-18(21-13-15)23-8-10-25-11-9-23/h1-7,13,17H,8-12,14,20H2,(H,22,24). The smallest absolute Gasteiger partial charge is 0.222 e. The van der Waals surface area contributed by atoms with Gasteiger partial charge in [-0.15, -0.1) is 0 Å². The minimum atomic E-state index is -0.289. The highest BCUT2D eigenvalue weighted by molar-refractivity contribution is 5.76. The molecule has 1 fully saturated rings. The van der Waals surface area contributed by atoms with Crippen LogP contribution in [0, 0.1) is 0 Å². The number of rotatable bonds is 6. The lowest BCUT2D eigenvalue weighted by atomic mass is 10.0. The van der Waals surface area contributed by atoms with E-state index in [-0.39, 0.29) is 18.4 Å².